The molecule has 0 aliphatic rings. The van der Waals surface area contributed by atoms with Gasteiger partial charge in [0.2, 0.25) is 0 Å². The maximum absolute atomic E-state index is 12.7. The Labute approximate surface area is 101 Å². The van der Waals surface area contributed by atoms with Gasteiger partial charge < -0.3 is 4.57 Å². The fraction of sp³-hybridized carbons (Fsp3) is 0.0909. The molecule has 2 aromatic heterocycles. The molecule has 2 rings (SSSR count). The summed E-state index contributed by atoms with van der Waals surface area (Å²) in [4.78, 5) is 11.8. The maximum Gasteiger partial charge on any atom is 0.281 e. The van der Waals surface area contributed by atoms with Crippen LogP contribution in [0.5, 0.6) is 0 Å². The first-order chi connectivity index (χ1) is 8.16. The summed E-state index contributed by atoms with van der Waals surface area (Å²) in [6.07, 6.45) is 3.40. The van der Waals surface area contributed by atoms with Crippen LogP contribution in [-0.2, 0) is 7.05 Å². The van der Waals surface area contributed by atoms with E-state index in [9.17, 15) is 9.18 Å². The smallest absolute Gasteiger partial charge is 0.281 e. The second-order valence-electron chi connectivity index (χ2n) is 3.35. The highest BCUT2D eigenvalue weighted by molar-refractivity contribution is 7.12. The van der Waals surface area contributed by atoms with E-state index in [1.54, 1.807) is 0 Å². The van der Waals surface area contributed by atoms with E-state index >= 15 is 0 Å². The minimum absolute atomic E-state index is 0.298. The van der Waals surface area contributed by atoms with Crippen molar-refractivity contribution in [1.82, 2.24) is 9.99 Å². The van der Waals surface area contributed by atoms with Crippen LogP contribution in [0.3, 0.4) is 0 Å². The van der Waals surface area contributed by atoms with Gasteiger partial charge in [-0.25, -0.2) is 5.43 Å². The number of nitrogens with zero attached hydrogens (tertiary/aromatic N) is 2. The first-order valence-electron chi connectivity index (χ1n) is 4.87. The number of amides is 1. The molecule has 0 aliphatic carbocycles. The summed E-state index contributed by atoms with van der Waals surface area (Å²) in [5, 5.41) is 3.41. The van der Waals surface area contributed by atoms with Crippen LogP contribution < -0.4 is 5.43 Å². The number of hydrogen-bond donors (Lipinski definition) is 1. The van der Waals surface area contributed by atoms with Gasteiger partial charge in [0.25, 0.3) is 5.91 Å². The fourth-order valence-electron chi connectivity index (χ4n) is 1.26. The number of thiophene rings is 1. The molecule has 0 saturated heterocycles. The van der Waals surface area contributed by atoms with Crippen LogP contribution in [0.2, 0.25) is 0 Å². The van der Waals surface area contributed by atoms with E-state index in [1.807, 2.05) is 29.9 Å². The van der Waals surface area contributed by atoms with Crippen LogP contribution in [0.15, 0.2) is 35.6 Å². The maximum atomic E-state index is 12.7. The third-order valence-corrected chi connectivity index (χ3v) is 3.02. The van der Waals surface area contributed by atoms with Crippen molar-refractivity contribution in [3.05, 3.63) is 46.2 Å². The summed E-state index contributed by atoms with van der Waals surface area (Å²) in [5.41, 5.74) is 3.20. The number of nitrogens with one attached hydrogen (secondary N) is 1. The molecular formula is C11H10FN3OS. The number of carbonyl (C=O) groups is 1. The number of rotatable bonds is 3. The van der Waals surface area contributed by atoms with Gasteiger partial charge in [-0.05, 0) is 24.3 Å². The van der Waals surface area contributed by atoms with Crippen molar-refractivity contribution >= 4 is 23.5 Å². The van der Waals surface area contributed by atoms with Crippen molar-refractivity contribution in [2.24, 2.45) is 12.1 Å². The average molecular weight is 251 g/mol. The Kier molecular flexibility index (Phi) is 3.34. The van der Waals surface area contributed by atoms with Gasteiger partial charge in [0.15, 0.2) is 5.13 Å². The van der Waals surface area contributed by atoms with Gasteiger partial charge in [0.1, 0.15) is 0 Å². The molecule has 0 spiro atoms. The molecule has 0 aromatic carbocycles. The number of carbonyl (C=O) groups excluding carboxylic acids is 1. The van der Waals surface area contributed by atoms with E-state index in [0.29, 0.717) is 4.88 Å². The Morgan fingerprint density at radius 3 is 2.94 bits per heavy atom. The molecule has 0 bridgehead atoms. The van der Waals surface area contributed by atoms with Crippen molar-refractivity contribution in [3.8, 4) is 0 Å². The van der Waals surface area contributed by atoms with Gasteiger partial charge in [-0.1, -0.05) is 0 Å². The summed E-state index contributed by atoms with van der Waals surface area (Å²) < 4.78 is 14.5. The predicted molar refractivity (Wildman–Crippen MR) is 64.8 cm³/mol. The van der Waals surface area contributed by atoms with Gasteiger partial charge in [-0.3, -0.25) is 4.79 Å². The lowest BCUT2D eigenvalue weighted by Gasteiger charge is -1.96. The predicted octanol–water partition coefficient (Wildman–Crippen LogP) is 1.99. The zero-order valence-corrected chi connectivity index (χ0v) is 9.87. The second-order valence-corrected chi connectivity index (χ2v) is 4.38. The van der Waals surface area contributed by atoms with Gasteiger partial charge in [0.05, 0.1) is 16.8 Å². The molecule has 0 fully saturated rings. The summed E-state index contributed by atoms with van der Waals surface area (Å²) in [5.74, 6) is -0.413. The number of aryl methyl sites for hydroxylation is 1. The molecule has 0 unspecified atom stereocenters. The number of aromatic nitrogens is 1. The molecule has 4 nitrogen and oxygen atoms in total. The van der Waals surface area contributed by atoms with Crippen LogP contribution in [0.25, 0.3) is 0 Å². The Morgan fingerprint density at radius 2 is 2.35 bits per heavy atom. The zero-order valence-electron chi connectivity index (χ0n) is 9.05. The lowest BCUT2D eigenvalue weighted by molar-refractivity contribution is 0.0959. The van der Waals surface area contributed by atoms with Crippen LogP contribution in [0.4, 0.5) is 4.39 Å². The normalized spacial score (nSPS) is 10.9. The van der Waals surface area contributed by atoms with E-state index in [1.165, 1.54) is 18.3 Å². The Balaban J connectivity index is 1.97. The van der Waals surface area contributed by atoms with Gasteiger partial charge >= 0.3 is 0 Å². The molecular weight excluding hydrogens is 241 g/mol. The summed E-state index contributed by atoms with van der Waals surface area (Å²) in [6.45, 7) is 0. The summed E-state index contributed by atoms with van der Waals surface area (Å²) >= 11 is 0.789. The monoisotopic (exact) mass is 251 g/mol. The molecule has 0 saturated carbocycles. The van der Waals surface area contributed by atoms with Crippen LogP contribution in [0, 0.1) is 5.13 Å². The highest BCUT2D eigenvalue weighted by atomic mass is 32.1. The molecule has 0 aliphatic heterocycles. The first kappa shape index (κ1) is 11.5. The van der Waals surface area contributed by atoms with Crippen molar-refractivity contribution < 1.29 is 9.18 Å². The highest BCUT2D eigenvalue weighted by Gasteiger charge is 2.07. The van der Waals surface area contributed by atoms with E-state index in [4.69, 9.17) is 0 Å². The zero-order chi connectivity index (χ0) is 12.3. The minimum atomic E-state index is -0.413. The van der Waals surface area contributed by atoms with Gasteiger partial charge in [-0.15, -0.1) is 11.3 Å². The third kappa shape index (κ3) is 2.79. The van der Waals surface area contributed by atoms with Crippen LogP contribution >= 0.6 is 11.3 Å². The molecule has 1 amide bonds. The Bertz CT molecular complexity index is 559. The summed E-state index contributed by atoms with van der Waals surface area (Å²) in [6, 6.07) is 6.41. The van der Waals surface area contributed by atoms with E-state index < -0.39 is 5.91 Å². The standard InChI is InChI=1S/C11H10FN3OS/c1-15-6-2-3-8(15)7-13-14-11(16)9-4-5-10(12)17-9/h2-7H,1H3,(H,14,16)/b13-7+. The molecule has 17 heavy (non-hydrogen) atoms. The fourth-order valence-corrected chi connectivity index (χ4v) is 1.88. The van der Waals surface area contributed by atoms with E-state index in [0.717, 1.165) is 17.0 Å². The van der Waals surface area contributed by atoms with Crippen molar-refractivity contribution in [1.29, 1.82) is 0 Å². The van der Waals surface area contributed by atoms with Gasteiger partial charge in [-0.2, -0.15) is 9.49 Å². The number of hydrogen-bond acceptors (Lipinski definition) is 3. The molecule has 1 N–H and O–H groups in total. The van der Waals surface area contributed by atoms with Crippen LogP contribution in [0.1, 0.15) is 15.4 Å². The minimum Gasteiger partial charge on any atom is -0.350 e. The van der Waals surface area contributed by atoms with E-state index in [2.05, 4.69) is 10.5 Å². The Hall–Kier alpha value is -1.95. The SMILES string of the molecule is Cn1cccc1/C=N/NC(=O)c1ccc(F)s1. The average Bonchev–Trinajstić information content (AvgIpc) is 2.88. The number of hydrazone groups is 1. The highest BCUT2D eigenvalue weighted by Crippen LogP contribution is 2.13. The summed E-state index contributed by atoms with van der Waals surface area (Å²) in [7, 11) is 1.87. The second kappa shape index (κ2) is 4.92. The number of halogens is 1. The third-order valence-electron chi connectivity index (χ3n) is 2.14. The lowest BCUT2D eigenvalue weighted by atomic mass is 10.4. The molecule has 0 atom stereocenters. The molecule has 88 valence electrons. The molecule has 2 heterocycles. The quantitative estimate of drug-likeness (QED) is 0.658. The molecule has 0 radical (unpaired) electrons. The largest absolute Gasteiger partial charge is 0.350 e. The lowest BCUT2D eigenvalue weighted by Crippen LogP contribution is -2.16. The topological polar surface area (TPSA) is 46.4 Å². The molecule has 2 aromatic rings. The first-order valence-corrected chi connectivity index (χ1v) is 5.68. The van der Waals surface area contributed by atoms with Crippen molar-refractivity contribution in [3.63, 3.8) is 0 Å². The van der Waals surface area contributed by atoms with Crippen molar-refractivity contribution in [2.75, 3.05) is 0 Å². The molecule has 6 heteroatoms. The van der Waals surface area contributed by atoms with E-state index in [-0.39, 0.29) is 5.13 Å². The van der Waals surface area contributed by atoms with Crippen molar-refractivity contribution in [2.45, 2.75) is 0 Å². The van der Waals surface area contributed by atoms with Crippen LogP contribution in [-0.4, -0.2) is 16.7 Å². The van der Waals surface area contributed by atoms with Gasteiger partial charge in [0, 0.05) is 13.2 Å². The Morgan fingerprint density at radius 1 is 1.53 bits per heavy atom.